The van der Waals surface area contributed by atoms with Gasteiger partial charge in [0.1, 0.15) is 0 Å². The first-order valence-electron chi connectivity index (χ1n) is 9.52. The average Bonchev–Trinajstić information content (AvgIpc) is 2.53. The predicted octanol–water partition coefficient (Wildman–Crippen LogP) is 5.99. The lowest BCUT2D eigenvalue weighted by molar-refractivity contribution is 0.110. The van der Waals surface area contributed by atoms with Gasteiger partial charge in [-0.1, -0.05) is 51.5 Å². The molecule has 1 heteroatoms. The molecular formula is C20H36O. The van der Waals surface area contributed by atoms with Crippen LogP contribution >= 0.6 is 0 Å². The highest BCUT2D eigenvalue weighted by atomic mass is 16.5. The van der Waals surface area contributed by atoms with Crippen LogP contribution in [0.25, 0.3) is 0 Å². The lowest BCUT2D eigenvalue weighted by atomic mass is 9.68. The third kappa shape index (κ3) is 5.77. The summed E-state index contributed by atoms with van der Waals surface area (Å²) in [5.41, 5.74) is 0. The quantitative estimate of drug-likeness (QED) is 0.394. The van der Waals surface area contributed by atoms with Gasteiger partial charge in [0.2, 0.25) is 0 Å². The van der Waals surface area contributed by atoms with Crippen LogP contribution in [0.15, 0.2) is 12.7 Å². The van der Waals surface area contributed by atoms with Crippen molar-refractivity contribution in [2.24, 2.45) is 23.7 Å². The molecule has 0 heterocycles. The van der Waals surface area contributed by atoms with E-state index in [4.69, 9.17) is 4.74 Å². The minimum Gasteiger partial charge on any atom is -0.377 e. The fraction of sp³-hybridized carbons (Fsp3) is 0.900. The van der Waals surface area contributed by atoms with E-state index in [-0.39, 0.29) is 0 Å². The lowest BCUT2D eigenvalue weighted by Gasteiger charge is -2.38. The van der Waals surface area contributed by atoms with Crippen LogP contribution in [0, 0.1) is 23.7 Å². The van der Waals surface area contributed by atoms with Crippen molar-refractivity contribution in [3.8, 4) is 0 Å². The molecule has 2 fully saturated rings. The van der Waals surface area contributed by atoms with Crippen LogP contribution in [-0.2, 0) is 4.74 Å². The summed E-state index contributed by atoms with van der Waals surface area (Å²) in [6, 6.07) is 0. The standard InChI is InChI=1S/C20H36O/c1-3-5-17-6-10-19(11-7-17)20-12-8-18(9-13-20)14-16-21-15-4-2/h4,17-20H,2-3,5-16H2,1H3. The molecule has 0 amide bonds. The molecule has 2 aliphatic rings. The van der Waals surface area contributed by atoms with Crippen molar-refractivity contribution in [3.63, 3.8) is 0 Å². The Morgan fingerprint density at radius 2 is 1.38 bits per heavy atom. The molecule has 0 aromatic carbocycles. The van der Waals surface area contributed by atoms with Crippen LogP contribution in [0.5, 0.6) is 0 Å². The van der Waals surface area contributed by atoms with E-state index in [0.717, 1.165) is 36.9 Å². The van der Waals surface area contributed by atoms with Gasteiger partial charge < -0.3 is 4.74 Å². The summed E-state index contributed by atoms with van der Waals surface area (Å²) in [4.78, 5) is 0. The van der Waals surface area contributed by atoms with Crippen molar-refractivity contribution in [1.82, 2.24) is 0 Å². The molecule has 0 atom stereocenters. The third-order valence-electron chi connectivity index (χ3n) is 6.05. The molecular weight excluding hydrogens is 256 g/mol. The van der Waals surface area contributed by atoms with Crippen molar-refractivity contribution in [2.75, 3.05) is 13.2 Å². The van der Waals surface area contributed by atoms with E-state index in [1.54, 1.807) is 0 Å². The van der Waals surface area contributed by atoms with Gasteiger partial charge in [0.15, 0.2) is 0 Å². The Morgan fingerprint density at radius 3 is 1.86 bits per heavy atom. The maximum atomic E-state index is 5.55. The van der Waals surface area contributed by atoms with E-state index >= 15 is 0 Å². The smallest absolute Gasteiger partial charge is 0.0644 e. The van der Waals surface area contributed by atoms with Crippen LogP contribution < -0.4 is 0 Å². The summed E-state index contributed by atoms with van der Waals surface area (Å²) < 4.78 is 5.55. The molecule has 0 spiro atoms. The second-order valence-electron chi connectivity index (χ2n) is 7.50. The first-order valence-corrected chi connectivity index (χ1v) is 9.52. The Kier molecular flexibility index (Phi) is 7.85. The van der Waals surface area contributed by atoms with Crippen molar-refractivity contribution < 1.29 is 4.74 Å². The molecule has 2 aliphatic carbocycles. The van der Waals surface area contributed by atoms with E-state index < -0.39 is 0 Å². The Hall–Kier alpha value is -0.300. The van der Waals surface area contributed by atoms with Gasteiger partial charge in [-0.05, 0) is 55.8 Å². The number of hydrogen-bond acceptors (Lipinski definition) is 1. The molecule has 0 aromatic heterocycles. The molecule has 0 aromatic rings. The molecule has 122 valence electrons. The van der Waals surface area contributed by atoms with E-state index in [1.807, 2.05) is 6.08 Å². The second-order valence-corrected chi connectivity index (χ2v) is 7.50. The summed E-state index contributed by atoms with van der Waals surface area (Å²) in [5, 5.41) is 0. The molecule has 0 aliphatic heterocycles. The normalized spacial score (nSPS) is 33.8. The van der Waals surface area contributed by atoms with Crippen LogP contribution in [-0.4, -0.2) is 13.2 Å². The summed E-state index contributed by atoms with van der Waals surface area (Å²) in [5.74, 6) is 4.11. The average molecular weight is 293 g/mol. The maximum absolute atomic E-state index is 5.55. The minimum absolute atomic E-state index is 0.719. The van der Waals surface area contributed by atoms with Crippen molar-refractivity contribution in [3.05, 3.63) is 12.7 Å². The zero-order valence-electron chi connectivity index (χ0n) is 14.2. The summed E-state index contributed by atoms with van der Waals surface area (Å²) in [6.45, 7) is 7.69. The first kappa shape index (κ1) is 17.1. The van der Waals surface area contributed by atoms with Gasteiger partial charge in [0.25, 0.3) is 0 Å². The topological polar surface area (TPSA) is 9.23 Å². The van der Waals surface area contributed by atoms with Crippen LogP contribution in [0.2, 0.25) is 0 Å². The van der Waals surface area contributed by atoms with Crippen molar-refractivity contribution in [1.29, 1.82) is 0 Å². The lowest BCUT2D eigenvalue weighted by Crippen LogP contribution is -2.26. The zero-order chi connectivity index (χ0) is 14.9. The molecule has 0 unspecified atom stereocenters. The van der Waals surface area contributed by atoms with E-state index in [2.05, 4.69) is 13.5 Å². The Labute approximate surface area is 132 Å². The monoisotopic (exact) mass is 292 g/mol. The van der Waals surface area contributed by atoms with E-state index in [0.29, 0.717) is 0 Å². The zero-order valence-corrected chi connectivity index (χ0v) is 14.2. The second kappa shape index (κ2) is 9.66. The molecule has 1 nitrogen and oxygen atoms in total. The largest absolute Gasteiger partial charge is 0.377 e. The Balaban J connectivity index is 1.59. The van der Waals surface area contributed by atoms with Crippen LogP contribution in [0.1, 0.15) is 77.6 Å². The van der Waals surface area contributed by atoms with Gasteiger partial charge in [0, 0.05) is 6.61 Å². The highest BCUT2D eigenvalue weighted by Crippen LogP contribution is 2.42. The minimum atomic E-state index is 0.719. The van der Waals surface area contributed by atoms with Crippen LogP contribution in [0.4, 0.5) is 0 Å². The molecule has 0 bridgehead atoms. The summed E-state index contributed by atoms with van der Waals surface area (Å²) >= 11 is 0. The number of rotatable bonds is 8. The van der Waals surface area contributed by atoms with Gasteiger partial charge in [-0.25, -0.2) is 0 Å². The van der Waals surface area contributed by atoms with Gasteiger partial charge in [-0.2, -0.15) is 0 Å². The Morgan fingerprint density at radius 1 is 0.857 bits per heavy atom. The van der Waals surface area contributed by atoms with Gasteiger partial charge in [-0.15, -0.1) is 6.58 Å². The Bertz CT molecular complexity index is 270. The molecule has 0 radical (unpaired) electrons. The van der Waals surface area contributed by atoms with Gasteiger partial charge >= 0.3 is 0 Å². The molecule has 21 heavy (non-hydrogen) atoms. The van der Waals surface area contributed by atoms with E-state index in [9.17, 15) is 0 Å². The maximum Gasteiger partial charge on any atom is 0.0644 e. The van der Waals surface area contributed by atoms with Gasteiger partial charge in [0.05, 0.1) is 6.61 Å². The van der Waals surface area contributed by atoms with Crippen LogP contribution in [0.3, 0.4) is 0 Å². The fourth-order valence-corrected chi connectivity index (χ4v) is 4.72. The highest BCUT2D eigenvalue weighted by Gasteiger charge is 2.30. The van der Waals surface area contributed by atoms with E-state index in [1.165, 1.54) is 70.6 Å². The van der Waals surface area contributed by atoms with Crippen molar-refractivity contribution >= 4 is 0 Å². The highest BCUT2D eigenvalue weighted by molar-refractivity contribution is 4.82. The predicted molar refractivity (Wildman–Crippen MR) is 91.4 cm³/mol. The summed E-state index contributed by atoms with van der Waals surface area (Å²) in [7, 11) is 0. The van der Waals surface area contributed by atoms with Gasteiger partial charge in [-0.3, -0.25) is 0 Å². The number of hydrogen-bond donors (Lipinski definition) is 0. The summed E-state index contributed by atoms with van der Waals surface area (Å²) in [6.07, 6.45) is 18.0. The first-order chi connectivity index (χ1) is 10.3. The third-order valence-corrected chi connectivity index (χ3v) is 6.05. The SMILES string of the molecule is C=CCOCCC1CCC(C2CCC(CCC)CC2)CC1. The molecule has 0 saturated heterocycles. The molecule has 2 saturated carbocycles. The molecule has 0 N–H and O–H groups in total. The fourth-order valence-electron chi connectivity index (χ4n) is 4.72. The van der Waals surface area contributed by atoms with Crippen molar-refractivity contribution in [2.45, 2.75) is 77.6 Å². The number of ether oxygens (including phenoxy) is 1. The molecule has 2 rings (SSSR count).